The predicted octanol–water partition coefficient (Wildman–Crippen LogP) is -0.0307. The first-order valence-electron chi connectivity index (χ1n) is 8.14. The maximum atomic E-state index is 13.1. The van der Waals surface area contributed by atoms with Gasteiger partial charge in [0.1, 0.15) is 24.4 Å². The molecule has 5 atom stereocenters. The number of nitrogens with one attached hydrogen (secondary N) is 1. The molecule has 2 unspecified atom stereocenters. The Kier molecular flexibility index (Phi) is 5.28. The number of carbonyl (C=O) groups excluding carboxylic acids is 1. The fourth-order valence-electron chi connectivity index (χ4n) is 3.25. The van der Waals surface area contributed by atoms with Crippen LogP contribution in [0.15, 0.2) is 24.3 Å². The van der Waals surface area contributed by atoms with Gasteiger partial charge in [-0.15, -0.1) is 0 Å². The topological polar surface area (TPSA) is 119 Å². The van der Waals surface area contributed by atoms with Crippen LogP contribution in [0, 0.1) is 0 Å². The smallest absolute Gasteiger partial charge is 0.394 e. The van der Waals surface area contributed by atoms with Crippen molar-refractivity contribution in [3.8, 4) is 0 Å². The Hall–Kier alpha value is -1.98. The van der Waals surface area contributed by atoms with Crippen molar-refractivity contribution >= 4 is 17.0 Å². The summed E-state index contributed by atoms with van der Waals surface area (Å²) in [6, 6.07) is 2.62. The fourth-order valence-corrected chi connectivity index (χ4v) is 3.25. The van der Waals surface area contributed by atoms with Gasteiger partial charge in [-0.2, -0.15) is 13.2 Å². The molecule has 1 saturated heterocycles. The van der Waals surface area contributed by atoms with Crippen molar-refractivity contribution in [2.45, 2.75) is 43.2 Å². The highest BCUT2D eigenvalue weighted by Crippen LogP contribution is 2.39. The van der Waals surface area contributed by atoms with Gasteiger partial charge in [-0.05, 0) is 29.3 Å². The molecule has 27 heavy (non-hydrogen) atoms. The summed E-state index contributed by atoms with van der Waals surface area (Å²) in [7, 11) is 0. The first-order chi connectivity index (χ1) is 12.6. The Labute approximate surface area is 151 Å². The molecule has 2 aliphatic rings. The number of allylic oxidation sites excluding steroid dienone is 2. The van der Waals surface area contributed by atoms with Crippen LogP contribution >= 0.6 is 0 Å². The van der Waals surface area contributed by atoms with Gasteiger partial charge >= 0.3 is 6.18 Å². The van der Waals surface area contributed by atoms with Gasteiger partial charge in [0.15, 0.2) is 12.1 Å². The molecule has 0 bridgehead atoms. The number of halogens is 3. The van der Waals surface area contributed by atoms with Crippen molar-refractivity contribution < 1.29 is 43.1 Å². The summed E-state index contributed by atoms with van der Waals surface area (Å²) in [5, 5.41) is 41.7. The number of ketones is 1. The highest BCUT2D eigenvalue weighted by atomic mass is 19.4. The second kappa shape index (κ2) is 7.21. The molecule has 7 nitrogen and oxygen atoms in total. The van der Waals surface area contributed by atoms with Crippen LogP contribution in [0.5, 0.6) is 0 Å². The van der Waals surface area contributed by atoms with E-state index >= 15 is 0 Å². The molecule has 0 amide bonds. The van der Waals surface area contributed by atoms with Crippen LogP contribution < -0.4 is 5.32 Å². The molecule has 1 aromatic rings. The van der Waals surface area contributed by atoms with E-state index in [4.69, 9.17) is 9.84 Å². The average molecular weight is 389 g/mol. The molecule has 3 rings (SSSR count). The summed E-state index contributed by atoms with van der Waals surface area (Å²) >= 11 is 0. The van der Waals surface area contributed by atoms with Gasteiger partial charge in [-0.25, -0.2) is 0 Å². The van der Waals surface area contributed by atoms with Crippen molar-refractivity contribution in [1.29, 1.82) is 0 Å². The SMILES string of the molecule is O=C1C=C(C(F)(F)F)c2ccc(NC3[C@@H](O)OC(CO)[C@H](O)[C@H]3O)cc2C1. The Morgan fingerprint density at radius 2 is 1.89 bits per heavy atom. The van der Waals surface area contributed by atoms with Gasteiger partial charge in [-0.1, -0.05) is 6.07 Å². The highest BCUT2D eigenvalue weighted by Gasteiger charge is 2.44. The van der Waals surface area contributed by atoms with Crippen LogP contribution in [-0.2, 0) is 16.0 Å². The van der Waals surface area contributed by atoms with E-state index in [9.17, 15) is 33.3 Å². The minimum Gasteiger partial charge on any atom is -0.394 e. The Balaban J connectivity index is 1.85. The first-order valence-corrected chi connectivity index (χ1v) is 8.14. The molecule has 0 saturated carbocycles. The zero-order chi connectivity index (χ0) is 19.9. The maximum absolute atomic E-state index is 13.1. The van der Waals surface area contributed by atoms with Crippen LogP contribution in [0.2, 0.25) is 0 Å². The molecule has 0 radical (unpaired) electrons. The number of anilines is 1. The van der Waals surface area contributed by atoms with Crippen molar-refractivity contribution in [3.63, 3.8) is 0 Å². The van der Waals surface area contributed by atoms with Crippen molar-refractivity contribution in [2.75, 3.05) is 11.9 Å². The lowest BCUT2D eigenvalue weighted by molar-refractivity contribution is -0.245. The van der Waals surface area contributed by atoms with Crippen LogP contribution in [-0.4, -0.2) is 69.6 Å². The van der Waals surface area contributed by atoms with Crippen LogP contribution in [0.4, 0.5) is 18.9 Å². The minimum atomic E-state index is -4.67. The molecule has 148 valence electrons. The van der Waals surface area contributed by atoms with Gasteiger partial charge in [0, 0.05) is 12.1 Å². The van der Waals surface area contributed by atoms with E-state index in [1.54, 1.807) is 0 Å². The lowest BCUT2D eigenvalue weighted by Crippen LogP contribution is -2.61. The van der Waals surface area contributed by atoms with Gasteiger partial charge in [-0.3, -0.25) is 4.79 Å². The predicted molar refractivity (Wildman–Crippen MR) is 86.6 cm³/mol. The number of aliphatic hydroxyl groups is 4. The average Bonchev–Trinajstić information content (AvgIpc) is 2.60. The third-order valence-corrected chi connectivity index (χ3v) is 4.60. The number of rotatable bonds is 3. The van der Waals surface area contributed by atoms with Crippen molar-refractivity contribution in [3.05, 3.63) is 35.4 Å². The van der Waals surface area contributed by atoms with Crippen molar-refractivity contribution in [2.24, 2.45) is 0 Å². The first kappa shape index (κ1) is 19.8. The number of aliphatic hydroxyl groups excluding tert-OH is 4. The van der Waals surface area contributed by atoms with Crippen molar-refractivity contribution in [1.82, 2.24) is 0 Å². The van der Waals surface area contributed by atoms with Crippen LogP contribution in [0.3, 0.4) is 0 Å². The summed E-state index contributed by atoms with van der Waals surface area (Å²) in [5.41, 5.74) is -0.766. The molecule has 10 heteroatoms. The van der Waals surface area contributed by atoms with E-state index < -0.39 is 54.8 Å². The largest absolute Gasteiger partial charge is 0.417 e. The van der Waals surface area contributed by atoms with E-state index in [1.807, 2.05) is 0 Å². The number of fused-ring (bicyclic) bond motifs is 1. The van der Waals surface area contributed by atoms with E-state index in [1.165, 1.54) is 18.2 Å². The summed E-state index contributed by atoms with van der Waals surface area (Å²) in [5.74, 6) is -0.686. The quantitative estimate of drug-likeness (QED) is 0.493. The summed E-state index contributed by atoms with van der Waals surface area (Å²) in [4.78, 5) is 11.6. The summed E-state index contributed by atoms with van der Waals surface area (Å²) < 4.78 is 44.4. The lowest BCUT2D eigenvalue weighted by atomic mass is 9.89. The third kappa shape index (κ3) is 3.85. The molecule has 1 aliphatic carbocycles. The van der Waals surface area contributed by atoms with E-state index in [2.05, 4.69) is 5.32 Å². The summed E-state index contributed by atoms with van der Waals surface area (Å²) in [6.07, 6.45) is -10.1. The zero-order valence-corrected chi connectivity index (χ0v) is 13.8. The molecule has 1 fully saturated rings. The minimum absolute atomic E-state index is 0.117. The Morgan fingerprint density at radius 1 is 1.19 bits per heavy atom. The normalized spacial score (nSPS) is 31.3. The number of carbonyl (C=O) groups is 1. The zero-order valence-electron chi connectivity index (χ0n) is 13.8. The van der Waals surface area contributed by atoms with Gasteiger partial charge in [0.25, 0.3) is 0 Å². The number of ether oxygens (including phenoxy) is 1. The van der Waals surface area contributed by atoms with Gasteiger partial charge < -0.3 is 30.5 Å². The van der Waals surface area contributed by atoms with E-state index in [0.717, 1.165) is 0 Å². The van der Waals surface area contributed by atoms with E-state index in [-0.39, 0.29) is 23.2 Å². The standard InChI is InChI=1S/C17H18F3NO6/c18-17(19,20)11-5-9(23)4-7-3-8(1-2-10(7)11)21-13-15(25)14(24)12(6-22)27-16(13)26/h1-3,5,12-16,21-22,24-26H,4,6H2/t12?,13?,14-,15-,16-/m0/s1. The number of hydrogen-bond acceptors (Lipinski definition) is 7. The second-order valence-electron chi connectivity index (χ2n) is 6.47. The number of benzene rings is 1. The monoisotopic (exact) mass is 389 g/mol. The van der Waals surface area contributed by atoms with Crippen LogP contribution in [0.1, 0.15) is 11.1 Å². The van der Waals surface area contributed by atoms with Gasteiger partial charge in [0.05, 0.1) is 12.2 Å². The molecular formula is C17H18F3NO6. The molecule has 1 heterocycles. The molecule has 1 aromatic carbocycles. The third-order valence-electron chi connectivity index (χ3n) is 4.60. The highest BCUT2D eigenvalue weighted by molar-refractivity contribution is 6.03. The molecule has 1 aliphatic heterocycles. The number of hydrogen-bond donors (Lipinski definition) is 5. The van der Waals surface area contributed by atoms with E-state index in [0.29, 0.717) is 6.08 Å². The molecule has 0 aromatic heterocycles. The molecule has 0 spiro atoms. The Morgan fingerprint density at radius 3 is 2.52 bits per heavy atom. The van der Waals surface area contributed by atoms with Gasteiger partial charge in [0.2, 0.25) is 0 Å². The number of alkyl halides is 3. The van der Waals surface area contributed by atoms with Crippen LogP contribution in [0.25, 0.3) is 5.57 Å². The fraction of sp³-hybridized carbons (Fsp3) is 0.471. The molecular weight excluding hydrogens is 371 g/mol. The Bertz CT molecular complexity index is 766. The molecule has 5 N–H and O–H groups in total. The maximum Gasteiger partial charge on any atom is 0.417 e. The summed E-state index contributed by atoms with van der Waals surface area (Å²) in [6.45, 7) is -0.616. The second-order valence-corrected chi connectivity index (χ2v) is 6.47. The lowest BCUT2D eigenvalue weighted by Gasteiger charge is -2.40.